The van der Waals surface area contributed by atoms with Gasteiger partial charge in [-0.3, -0.25) is 9.69 Å². The molecule has 0 aromatic heterocycles. The number of hydrogen-bond donors (Lipinski definition) is 1. The van der Waals surface area contributed by atoms with Crippen molar-refractivity contribution in [2.75, 3.05) is 13.1 Å². The van der Waals surface area contributed by atoms with Gasteiger partial charge in [-0.2, -0.15) is 0 Å². The van der Waals surface area contributed by atoms with Crippen molar-refractivity contribution in [1.29, 1.82) is 0 Å². The molecule has 3 atom stereocenters. The third-order valence-corrected chi connectivity index (χ3v) is 5.37. The Morgan fingerprint density at radius 2 is 1.92 bits per heavy atom. The van der Waals surface area contributed by atoms with Crippen LogP contribution >= 0.6 is 0 Å². The Bertz CT molecular complexity index is 762. The second kappa shape index (κ2) is 7.60. The molecule has 0 radical (unpaired) electrons. The molecule has 0 saturated carbocycles. The Labute approximate surface area is 155 Å². The summed E-state index contributed by atoms with van der Waals surface area (Å²) in [4.78, 5) is 15.1. The van der Waals surface area contributed by atoms with Crippen LogP contribution < -0.4 is 5.32 Å². The predicted molar refractivity (Wildman–Crippen MR) is 102 cm³/mol. The summed E-state index contributed by atoms with van der Waals surface area (Å²) in [5, 5.41) is 3.09. The average molecular weight is 350 g/mol. The number of fused-ring (bicyclic) bond motifs is 2. The van der Waals surface area contributed by atoms with E-state index in [2.05, 4.69) is 41.4 Å². The third-order valence-electron chi connectivity index (χ3n) is 5.37. The molecule has 2 heterocycles. The van der Waals surface area contributed by atoms with Crippen LogP contribution in [0.4, 0.5) is 0 Å². The second-order valence-electron chi connectivity index (χ2n) is 7.53. The molecule has 2 aromatic carbocycles. The normalized spacial score (nSPS) is 25.2. The van der Waals surface area contributed by atoms with Gasteiger partial charge in [0.1, 0.15) is 0 Å². The quantitative estimate of drug-likeness (QED) is 0.902. The summed E-state index contributed by atoms with van der Waals surface area (Å²) in [6, 6.07) is 18.7. The zero-order chi connectivity index (χ0) is 17.9. The lowest BCUT2D eigenvalue weighted by Crippen LogP contribution is -2.44. The van der Waals surface area contributed by atoms with E-state index in [9.17, 15) is 4.79 Å². The Kier molecular flexibility index (Phi) is 5.05. The van der Waals surface area contributed by atoms with Crippen LogP contribution in [0.25, 0.3) is 0 Å². The van der Waals surface area contributed by atoms with E-state index < -0.39 is 0 Å². The summed E-state index contributed by atoms with van der Waals surface area (Å²) in [6.45, 7) is 5.37. The first-order valence-corrected chi connectivity index (χ1v) is 9.42. The van der Waals surface area contributed by atoms with Gasteiger partial charge in [-0.05, 0) is 24.5 Å². The van der Waals surface area contributed by atoms with Gasteiger partial charge >= 0.3 is 0 Å². The van der Waals surface area contributed by atoms with Crippen molar-refractivity contribution in [2.45, 2.75) is 38.6 Å². The fourth-order valence-corrected chi connectivity index (χ4v) is 4.13. The first-order chi connectivity index (χ1) is 12.7. The van der Waals surface area contributed by atoms with Gasteiger partial charge in [-0.25, -0.2) is 0 Å². The number of carbonyl (C=O) groups excluding carboxylic acids is 1. The zero-order valence-electron chi connectivity index (χ0n) is 15.2. The van der Waals surface area contributed by atoms with Gasteiger partial charge in [0.05, 0.1) is 18.1 Å². The van der Waals surface area contributed by atoms with Crippen molar-refractivity contribution < 1.29 is 9.53 Å². The SMILES string of the molecule is Cc1cccc(CN2C[C@H]3C[C@@H](C(=O)NCc4ccccc4)[C@@H](C2)O3)c1. The van der Waals surface area contributed by atoms with Gasteiger partial charge in [-0.1, -0.05) is 60.2 Å². The molecular weight excluding hydrogens is 324 g/mol. The monoisotopic (exact) mass is 350 g/mol. The maximum Gasteiger partial charge on any atom is 0.226 e. The van der Waals surface area contributed by atoms with Gasteiger partial charge in [0.2, 0.25) is 5.91 Å². The highest BCUT2D eigenvalue weighted by molar-refractivity contribution is 5.79. The number of carbonyl (C=O) groups is 1. The summed E-state index contributed by atoms with van der Waals surface area (Å²) >= 11 is 0. The lowest BCUT2D eigenvalue weighted by molar-refractivity contribution is -0.128. The Balaban J connectivity index is 1.34. The van der Waals surface area contributed by atoms with Gasteiger partial charge < -0.3 is 10.1 Å². The topological polar surface area (TPSA) is 41.6 Å². The zero-order valence-corrected chi connectivity index (χ0v) is 15.2. The van der Waals surface area contributed by atoms with E-state index in [1.807, 2.05) is 30.3 Å². The van der Waals surface area contributed by atoms with Crippen molar-refractivity contribution >= 4 is 5.91 Å². The minimum Gasteiger partial charge on any atom is -0.371 e. The van der Waals surface area contributed by atoms with Crippen molar-refractivity contribution in [3.05, 3.63) is 71.3 Å². The molecule has 4 heteroatoms. The van der Waals surface area contributed by atoms with Crippen molar-refractivity contribution in [2.24, 2.45) is 5.92 Å². The van der Waals surface area contributed by atoms with E-state index in [1.165, 1.54) is 11.1 Å². The van der Waals surface area contributed by atoms with Crippen LogP contribution in [0.15, 0.2) is 54.6 Å². The minimum absolute atomic E-state index is 0.00864. The number of amides is 1. The molecule has 2 bridgehead atoms. The highest BCUT2D eigenvalue weighted by Gasteiger charge is 2.44. The first kappa shape index (κ1) is 17.3. The number of hydrogen-bond acceptors (Lipinski definition) is 3. The van der Waals surface area contributed by atoms with E-state index in [1.54, 1.807) is 0 Å². The molecule has 4 rings (SSSR count). The van der Waals surface area contributed by atoms with E-state index in [-0.39, 0.29) is 24.0 Å². The molecule has 2 fully saturated rings. The summed E-state index contributed by atoms with van der Waals surface area (Å²) in [6.07, 6.45) is 1.01. The number of morpholine rings is 1. The molecule has 0 unspecified atom stereocenters. The number of aryl methyl sites for hydroxylation is 1. The fraction of sp³-hybridized carbons (Fsp3) is 0.409. The molecular formula is C22H26N2O2. The molecule has 0 spiro atoms. The molecule has 26 heavy (non-hydrogen) atoms. The van der Waals surface area contributed by atoms with Crippen molar-refractivity contribution in [3.8, 4) is 0 Å². The number of nitrogens with one attached hydrogen (secondary N) is 1. The number of nitrogens with zero attached hydrogens (tertiary/aromatic N) is 1. The summed E-state index contributed by atoms with van der Waals surface area (Å²) in [5.74, 6) is 0.0879. The van der Waals surface area contributed by atoms with Crippen LogP contribution in [0.1, 0.15) is 23.1 Å². The molecule has 0 aliphatic carbocycles. The molecule has 2 aliphatic rings. The molecule has 1 amide bonds. The molecule has 2 aliphatic heterocycles. The van der Waals surface area contributed by atoms with E-state index >= 15 is 0 Å². The maximum atomic E-state index is 12.7. The van der Waals surface area contributed by atoms with E-state index in [0.29, 0.717) is 6.54 Å². The molecule has 2 aromatic rings. The number of likely N-dealkylation sites (tertiary alicyclic amines) is 1. The van der Waals surface area contributed by atoms with Crippen LogP contribution in [0, 0.1) is 12.8 Å². The van der Waals surface area contributed by atoms with Gasteiger partial charge in [0, 0.05) is 26.2 Å². The number of rotatable bonds is 5. The lowest BCUT2D eigenvalue weighted by atomic mass is 9.99. The summed E-state index contributed by atoms with van der Waals surface area (Å²) in [7, 11) is 0. The highest BCUT2D eigenvalue weighted by Crippen LogP contribution is 2.32. The third kappa shape index (κ3) is 3.97. The smallest absolute Gasteiger partial charge is 0.226 e. The maximum absolute atomic E-state index is 12.7. The highest BCUT2D eigenvalue weighted by atomic mass is 16.5. The second-order valence-corrected chi connectivity index (χ2v) is 7.53. The van der Waals surface area contributed by atoms with Crippen molar-refractivity contribution in [1.82, 2.24) is 10.2 Å². The van der Waals surface area contributed by atoms with Crippen LogP contribution in [0.3, 0.4) is 0 Å². The first-order valence-electron chi connectivity index (χ1n) is 9.42. The van der Waals surface area contributed by atoms with E-state index in [0.717, 1.165) is 31.6 Å². The molecule has 1 N–H and O–H groups in total. The minimum atomic E-state index is -0.0359. The number of benzene rings is 2. The van der Waals surface area contributed by atoms with E-state index in [4.69, 9.17) is 4.74 Å². The Morgan fingerprint density at radius 3 is 2.73 bits per heavy atom. The Hall–Kier alpha value is -2.17. The molecule has 2 saturated heterocycles. The van der Waals surface area contributed by atoms with Crippen LogP contribution in [0.5, 0.6) is 0 Å². The van der Waals surface area contributed by atoms with Crippen LogP contribution in [-0.2, 0) is 22.6 Å². The van der Waals surface area contributed by atoms with Gasteiger partial charge in [0.15, 0.2) is 0 Å². The average Bonchev–Trinajstić information content (AvgIpc) is 2.95. The largest absolute Gasteiger partial charge is 0.371 e. The van der Waals surface area contributed by atoms with Crippen LogP contribution in [0.2, 0.25) is 0 Å². The van der Waals surface area contributed by atoms with Crippen LogP contribution in [-0.4, -0.2) is 36.1 Å². The van der Waals surface area contributed by atoms with Gasteiger partial charge in [-0.15, -0.1) is 0 Å². The predicted octanol–water partition coefficient (Wildman–Crippen LogP) is 2.90. The Morgan fingerprint density at radius 1 is 1.12 bits per heavy atom. The lowest BCUT2D eigenvalue weighted by Gasteiger charge is -2.32. The standard InChI is InChI=1S/C22H26N2O2/c1-16-6-5-9-18(10-16)13-24-14-19-11-20(21(15-24)26-19)22(25)23-12-17-7-3-2-4-8-17/h2-10,19-21H,11-15H2,1H3,(H,23,25)/t19-,20-,21-/m1/s1. The summed E-state index contributed by atoms with van der Waals surface area (Å²) < 4.78 is 6.07. The summed E-state index contributed by atoms with van der Waals surface area (Å²) in [5.41, 5.74) is 3.75. The molecule has 136 valence electrons. The van der Waals surface area contributed by atoms with Crippen molar-refractivity contribution in [3.63, 3.8) is 0 Å². The molecule has 4 nitrogen and oxygen atoms in total. The fourth-order valence-electron chi connectivity index (χ4n) is 4.13. The van der Waals surface area contributed by atoms with Gasteiger partial charge in [0.25, 0.3) is 0 Å². The number of ether oxygens (including phenoxy) is 1.